The zero-order valence-electron chi connectivity index (χ0n) is 10.4. The molecule has 1 aromatic heterocycles. The summed E-state index contributed by atoms with van der Waals surface area (Å²) in [5.74, 6) is -0.804. The van der Waals surface area contributed by atoms with Crippen molar-refractivity contribution in [2.24, 2.45) is 5.92 Å². The maximum Gasteiger partial charge on any atom is 0.306 e. The van der Waals surface area contributed by atoms with Gasteiger partial charge in [-0.25, -0.2) is 0 Å². The Bertz CT molecular complexity index is 324. The minimum atomic E-state index is -0.645. The monoisotopic (exact) mass is 235 g/mol. The molecular weight excluding hydrogens is 214 g/mol. The molecule has 3 heteroatoms. The molecule has 1 rings (SSSR count). The highest BCUT2D eigenvalue weighted by Crippen LogP contribution is 2.16. The number of rotatable bonds is 8. The fraction of sp³-hybridized carbons (Fsp3) is 0.571. The molecule has 0 spiro atoms. The maximum atomic E-state index is 10.9. The summed E-state index contributed by atoms with van der Waals surface area (Å²) in [5.41, 5.74) is 1.23. The Morgan fingerprint density at radius 3 is 2.82 bits per heavy atom. The summed E-state index contributed by atoms with van der Waals surface area (Å²) in [6.45, 7) is 2.03. The Balaban J connectivity index is 2.20. The number of carboxylic acid groups (broad SMARTS) is 1. The van der Waals surface area contributed by atoms with E-state index in [1.54, 1.807) is 6.20 Å². The first-order valence-corrected chi connectivity index (χ1v) is 6.35. The lowest BCUT2D eigenvalue weighted by Crippen LogP contribution is -2.13. The second-order valence-corrected chi connectivity index (χ2v) is 4.43. The molecule has 0 aromatic carbocycles. The third-order valence-electron chi connectivity index (χ3n) is 2.98. The maximum absolute atomic E-state index is 10.9. The van der Waals surface area contributed by atoms with Gasteiger partial charge in [-0.15, -0.1) is 0 Å². The highest BCUT2D eigenvalue weighted by Gasteiger charge is 2.15. The van der Waals surface area contributed by atoms with Gasteiger partial charge in [0, 0.05) is 12.4 Å². The van der Waals surface area contributed by atoms with Crippen LogP contribution in [-0.4, -0.2) is 16.1 Å². The molecule has 1 unspecified atom stereocenters. The zero-order chi connectivity index (χ0) is 12.5. The minimum absolute atomic E-state index is 0.158. The van der Waals surface area contributed by atoms with Crippen molar-refractivity contribution in [1.82, 2.24) is 4.98 Å². The number of aryl methyl sites for hydroxylation is 1. The Hall–Kier alpha value is -1.38. The van der Waals surface area contributed by atoms with E-state index < -0.39 is 5.97 Å². The fourth-order valence-electron chi connectivity index (χ4n) is 2.01. The molecule has 0 saturated carbocycles. The molecule has 0 amide bonds. The van der Waals surface area contributed by atoms with Crippen molar-refractivity contribution in [3.63, 3.8) is 0 Å². The van der Waals surface area contributed by atoms with E-state index in [1.165, 1.54) is 5.56 Å². The van der Waals surface area contributed by atoms with Crippen LogP contribution in [0.5, 0.6) is 0 Å². The second kappa shape index (κ2) is 7.82. The molecule has 3 nitrogen and oxygen atoms in total. The van der Waals surface area contributed by atoms with Gasteiger partial charge in [0.2, 0.25) is 0 Å². The van der Waals surface area contributed by atoms with Gasteiger partial charge in [-0.05, 0) is 37.3 Å². The van der Waals surface area contributed by atoms with E-state index in [-0.39, 0.29) is 5.92 Å². The van der Waals surface area contributed by atoms with Crippen LogP contribution < -0.4 is 0 Å². The van der Waals surface area contributed by atoms with Crippen molar-refractivity contribution in [1.29, 1.82) is 0 Å². The molecule has 0 bridgehead atoms. The lowest BCUT2D eigenvalue weighted by Gasteiger charge is -2.10. The number of unbranched alkanes of at least 4 members (excludes halogenated alkanes) is 1. The first-order valence-electron chi connectivity index (χ1n) is 6.35. The molecule has 0 aliphatic rings. The Morgan fingerprint density at radius 1 is 1.41 bits per heavy atom. The Morgan fingerprint density at radius 2 is 2.24 bits per heavy atom. The standard InChI is InChI=1S/C14H21NO2/c1-2-6-13(14(16)17)9-4-3-7-12-8-5-10-15-11-12/h5,8,10-11,13H,2-4,6-7,9H2,1H3,(H,16,17). The molecule has 94 valence electrons. The van der Waals surface area contributed by atoms with E-state index in [4.69, 9.17) is 5.11 Å². The topological polar surface area (TPSA) is 50.2 Å². The van der Waals surface area contributed by atoms with Gasteiger partial charge >= 0.3 is 5.97 Å². The third kappa shape index (κ3) is 5.48. The third-order valence-corrected chi connectivity index (χ3v) is 2.98. The van der Waals surface area contributed by atoms with Crippen LogP contribution in [0.25, 0.3) is 0 Å². The average Bonchev–Trinajstić information content (AvgIpc) is 2.34. The van der Waals surface area contributed by atoms with Gasteiger partial charge in [0.05, 0.1) is 5.92 Å². The molecule has 1 heterocycles. The molecule has 1 N–H and O–H groups in total. The second-order valence-electron chi connectivity index (χ2n) is 4.43. The van der Waals surface area contributed by atoms with Gasteiger partial charge < -0.3 is 5.11 Å². The molecule has 0 fully saturated rings. The van der Waals surface area contributed by atoms with Gasteiger partial charge in [0.15, 0.2) is 0 Å². The van der Waals surface area contributed by atoms with E-state index in [9.17, 15) is 4.79 Å². The number of aliphatic carboxylic acids is 1. The van der Waals surface area contributed by atoms with Crippen molar-refractivity contribution in [2.75, 3.05) is 0 Å². The largest absolute Gasteiger partial charge is 0.481 e. The molecule has 0 radical (unpaired) electrons. The van der Waals surface area contributed by atoms with Crippen LogP contribution in [0.1, 0.15) is 44.6 Å². The van der Waals surface area contributed by atoms with Gasteiger partial charge in [0.1, 0.15) is 0 Å². The number of aromatic nitrogens is 1. The highest BCUT2D eigenvalue weighted by atomic mass is 16.4. The molecule has 0 saturated heterocycles. The van der Waals surface area contributed by atoms with Crippen LogP contribution in [0.3, 0.4) is 0 Å². The van der Waals surface area contributed by atoms with Crippen molar-refractivity contribution in [2.45, 2.75) is 45.4 Å². The first kappa shape index (κ1) is 13.7. The molecule has 1 aromatic rings. The molecule has 1 atom stereocenters. The summed E-state index contributed by atoms with van der Waals surface area (Å²) < 4.78 is 0. The highest BCUT2D eigenvalue weighted by molar-refractivity contribution is 5.69. The lowest BCUT2D eigenvalue weighted by molar-refractivity contribution is -0.142. The van der Waals surface area contributed by atoms with Crippen molar-refractivity contribution in [3.8, 4) is 0 Å². The number of carboxylic acids is 1. The van der Waals surface area contributed by atoms with Gasteiger partial charge in [-0.1, -0.05) is 25.8 Å². The SMILES string of the molecule is CCCC(CCCCc1cccnc1)C(=O)O. The Kier molecular flexibility index (Phi) is 6.30. The molecule has 0 aliphatic heterocycles. The van der Waals surface area contributed by atoms with E-state index in [1.807, 2.05) is 19.2 Å². The zero-order valence-corrected chi connectivity index (χ0v) is 10.4. The van der Waals surface area contributed by atoms with E-state index in [2.05, 4.69) is 11.1 Å². The fourth-order valence-corrected chi connectivity index (χ4v) is 2.01. The predicted molar refractivity (Wildman–Crippen MR) is 67.8 cm³/mol. The summed E-state index contributed by atoms with van der Waals surface area (Å²) in [7, 11) is 0. The normalized spacial score (nSPS) is 12.3. The van der Waals surface area contributed by atoms with Crippen molar-refractivity contribution in [3.05, 3.63) is 30.1 Å². The van der Waals surface area contributed by atoms with Crippen LogP contribution in [-0.2, 0) is 11.2 Å². The van der Waals surface area contributed by atoms with Gasteiger partial charge in [-0.2, -0.15) is 0 Å². The van der Waals surface area contributed by atoms with Crippen LogP contribution in [0.4, 0.5) is 0 Å². The van der Waals surface area contributed by atoms with Crippen molar-refractivity contribution >= 4 is 5.97 Å². The van der Waals surface area contributed by atoms with Gasteiger partial charge in [0.25, 0.3) is 0 Å². The predicted octanol–water partition coefficient (Wildman–Crippen LogP) is 3.30. The molecule has 17 heavy (non-hydrogen) atoms. The van der Waals surface area contributed by atoms with E-state index >= 15 is 0 Å². The van der Waals surface area contributed by atoms with Crippen LogP contribution in [0.2, 0.25) is 0 Å². The van der Waals surface area contributed by atoms with Gasteiger partial charge in [-0.3, -0.25) is 9.78 Å². The summed E-state index contributed by atoms with van der Waals surface area (Å²) in [6, 6.07) is 4.00. The number of hydrogen-bond donors (Lipinski definition) is 1. The lowest BCUT2D eigenvalue weighted by atomic mass is 9.96. The van der Waals surface area contributed by atoms with E-state index in [0.717, 1.165) is 38.5 Å². The number of nitrogens with zero attached hydrogens (tertiary/aromatic N) is 1. The van der Waals surface area contributed by atoms with E-state index in [0.29, 0.717) is 0 Å². The number of carbonyl (C=O) groups is 1. The molecule has 0 aliphatic carbocycles. The summed E-state index contributed by atoms with van der Waals surface area (Å²) >= 11 is 0. The first-order chi connectivity index (χ1) is 8.24. The smallest absolute Gasteiger partial charge is 0.306 e. The summed E-state index contributed by atoms with van der Waals surface area (Å²) in [5, 5.41) is 9.01. The van der Waals surface area contributed by atoms with Crippen molar-refractivity contribution < 1.29 is 9.90 Å². The average molecular weight is 235 g/mol. The van der Waals surface area contributed by atoms with Crippen LogP contribution in [0.15, 0.2) is 24.5 Å². The van der Waals surface area contributed by atoms with Crippen LogP contribution >= 0.6 is 0 Å². The summed E-state index contributed by atoms with van der Waals surface area (Å²) in [6.07, 6.45) is 9.19. The molecular formula is C14H21NO2. The quantitative estimate of drug-likeness (QED) is 0.703. The van der Waals surface area contributed by atoms with Crippen LogP contribution in [0, 0.1) is 5.92 Å². The number of pyridine rings is 1. The number of hydrogen-bond acceptors (Lipinski definition) is 2. The Labute approximate surface area is 103 Å². The minimum Gasteiger partial charge on any atom is -0.481 e. The summed E-state index contributed by atoms with van der Waals surface area (Å²) in [4.78, 5) is 15.0.